The molecule has 0 aliphatic heterocycles. The number of rotatable bonds is 7. The van der Waals surface area contributed by atoms with Gasteiger partial charge >= 0.3 is 0 Å². The number of benzene rings is 1. The Morgan fingerprint density at radius 3 is 2.92 bits per heavy atom. The summed E-state index contributed by atoms with van der Waals surface area (Å²) in [5.41, 5.74) is 2.30. The molecule has 1 saturated carbocycles. The number of hydrogen-bond donors (Lipinski definition) is 1. The molecule has 128 valence electrons. The van der Waals surface area contributed by atoms with E-state index < -0.39 is 0 Å². The van der Waals surface area contributed by atoms with Crippen molar-refractivity contribution in [1.29, 1.82) is 0 Å². The third kappa shape index (κ3) is 4.41. The van der Waals surface area contributed by atoms with E-state index >= 15 is 0 Å². The van der Waals surface area contributed by atoms with Gasteiger partial charge in [-0.3, -0.25) is 9.36 Å². The molecular formula is C19H25N3OS. The Morgan fingerprint density at radius 2 is 2.12 bits per heavy atom. The Hall–Kier alpha value is -1.75. The fraction of sp³-hybridized carbons (Fsp3) is 0.474. The van der Waals surface area contributed by atoms with Crippen LogP contribution in [0.2, 0.25) is 0 Å². The van der Waals surface area contributed by atoms with Crippen molar-refractivity contribution in [3.05, 3.63) is 42.2 Å². The first kappa shape index (κ1) is 17.1. The number of carbonyl (C=O) groups is 1. The van der Waals surface area contributed by atoms with Gasteiger partial charge in [-0.15, -0.1) is 0 Å². The molecule has 1 amide bonds. The van der Waals surface area contributed by atoms with E-state index in [2.05, 4.69) is 29.4 Å². The van der Waals surface area contributed by atoms with Gasteiger partial charge in [0.05, 0.1) is 11.4 Å². The zero-order valence-corrected chi connectivity index (χ0v) is 15.0. The van der Waals surface area contributed by atoms with Gasteiger partial charge in [0.1, 0.15) is 0 Å². The SMILES string of the molecule is Cc1ccccc1-n1ccnc1SCC(=O)NCCC1CCCC1. The van der Waals surface area contributed by atoms with Crippen molar-refractivity contribution in [1.82, 2.24) is 14.9 Å². The van der Waals surface area contributed by atoms with Crippen LogP contribution in [0.1, 0.15) is 37.7 Å². The minimum Gasteiger partial charge on any atom is -0.355 e. The van der Waals surface area contributed by atoms with Crippen LogP contribution in [0.15, 0.2) is 41.8 Å². The number of aryl methyl sites for hydroxylation is 1. The first-order valence-electron chi connectivity index (χ1n) is 8.73. The average Bonchev–Trinajstić information content (AvgIpc) is 3.25. The monoisotopic (exact) mass is 343 g/mol. The van der Waals surface area contributed by atoms with Crippen LogP contribution in [0, 0.1) is 12.8 Å². The molecule has 4 nitrogen and oxygen atoms in total. The fourth-order valence-electron chi connectivity index (χ4n) is 3.31. The lowest BCUT2D eigenvalue weighted by atomic mass is 10.0. The summed E-state index contributed by atoms with van der Waals surface area (Å²) in [5, 5.41) is 3.90. The number of para-hydroxylation sites is 1. The molecule has 1 aliphatic rings. The number of hydrogen-bond acceptors (Lipinski definition) is 3. The van der Waals surface area contributed by atoms with E-state index in [4.69, 9.17) is 0 Å². The Bertz CT molecular complexity index is 677. The summed E-state index contributed by atoms with van der Waals surface area (Å²) in [6, 6.07) is 8.20. The average molecular weight is 343 g/mol. The second-order valence-corrected chi connectivity index (χ2v) is 7.39. The van der Waals surface area contributed by atoms with Crippen LogP contribution in [0.4, 0.5) is 0 Å². The zero-order chi connectivity index (χ0) is 16.8. The molecule has 1 N–H and O–H groups in total. The normalized spacial score (nSPS) is 14.9. The van der Waals surface area contributed by atoms with Crippen LogP contribution in [-0.4, -0.2) is 27.8 Å². The van der Waals surface area contributed by atoms with Gasteiger partial charge in [-0.25, -0.2) is 4.98 Å². The van der Waals surface area contributed by atoms with E-state index in [0.717, 1.165) is 29.7 Å². The minimum absolute atomic E-state index is 0.0948. The topological polar surface area (TPSA) is 46.9 Å². The molecule has 1 aromatic heterocycles. The zero-order valence-electron chi connectivity index (χ0n) is 14.2. The van der Waals surface area contributed by atoms with E-state index in [1.807, 2.05) is 22.9 Å². The molecular weight excluding hydrogens is 318 g/mol. The summed E-state index contributed by atoms with van der Waals surface area (Å²) in [5.74, 6) is 1.32. The predicted molar refractivity (Wildman–Crippen MR) is 98.6 cm³/mol. The fourth-order valence-corrected chi connectivity index (χ4v) is 4.11. The summed E-state index contributed by atoms with van der Waals surface area (Å²) in [6.45, 7) is 2.88. The summed E-state index contributed by atoms with van der Waals surface area (Å²) in [4.78, 5) is 16.5. The molecule has 1 heterocycles. The second-order valence-electron chi connectivity index (χ2n) is 6.44. The Labute approximate surface area is 148 Å². The van der Waals surface area contributed by atoms with Gasteiger partial charge in [-0.2, -0.15) is 0 Å². The highest BCUT2D eigenvalue weighted by Crippen LogP contribution is 2.27. The lowest BCUT2D eigenvalue weighted by molar-refractivity contribution is -0.118. The van der Waals surface area contributed by atoms with Crippen molar-refractivity contribution >= 4 is 17.7 Å². The molecule has 1 aliphatic carbocycles. The number of carbonyl (C=O) groups excluding carboxylic acids is 1. The molecule has 1 fully saturated rings. The maximum Gasteiger partial charge on any atom is 0.230 e. The van der Waals surface area contributed by atoms with E-state index in [1.54, 1.807) is 6.20 Å². The molecule has 0 saturated heterocycles. The van der Waals surface area contributed by atoms with Gasteiger partial charge in [0.2, 0.25) is 5.91 Å². The van der Waals surface area contributed by atoms with Gasteiger partial charge in [-0.1, -0.05) is 55.6 Å². The largest absolute Gasteiger partial charge is 0.355 e. The third-order valence-electron chi connectivity index (χ3n) is 4.66. The van der Waals surface area contributed by atoms with Gasteiger partial charge < -0.3 is 5.32 Å². The molecule has 0 spiro atoms. The number of imidazole rings is 1. The molecule has 24 heavy (non-hydrogen) atoms. The van der Waals surface area contributed by atoms with Crippen molar-refractivity contribution in [2.75, 3.05) is 12.3 Å². The standard InChI is InChI=1S/C19H25N3OS/c1-15-6-2-5-9-17(15)22-13-12-21-19(22)24-14-18(23)20-11-10-16-7-3-4-8-16/h2,5-6,9,12-13,16H,3-4,7-8,10-11,14H2,1H3,(H,20,23). The Kier molecular flexibility index (Phi) is 5.96. The van der Waals surface area contributed by atoms with Crippen LogP contribution in [0.25, 0.3) is 5.69 Å². The van der Waals surface area contributed by atoms with E-state index in [1.165, 1.54) is 43.0 Å². The molecule has 3 rings (SSSR count). The van der Waals surface area contributed by atoms with E-state index in [-0.39, 0.29) is 5.91 Å². The second kappa shape index (κ2) is 8.38. The van der Waals surface area contributed by atoms with Crippen molar-refractivity contribution < 1.29 is 4.79 Å². The molecule has 0 radical (unpaired) electrons. The van der Waals surface area contributed by atoms with Crippen molar-refractivity contribution in [2.45, 2.75) is 44.2 Å². The molecule has 0 atom stereocenters. The number of nitrogens with zero attached hydrogens (tertiary/aromatic N) is 2. The summed E-state index contributed by atoms with van der Waals surface area (Å²) < 4.78 is 2.05. The van der Waals surface area contributed by atoms with Gasteiger partial charge in [0.25, 0.3) is 0 Å². The Morgan fingerprint density at radius 1 is 1.33 bits per heavy atom. The van der Waals surface area contributed by atoms with Crippen molar-refractivity contribution in [2.24, 2.45) is 5.92 Å². The highest BCUT2D eigenvalue weighted by Gasteiger charge is 2.15. The van der Waals surface area contributed by atoms with Crippen LogP contribution in [0.5, 0.6) is 0 Å². The van der Waals surface area contributed by atoms with Crippen molar-refractivity contribution in [3.8, 4) is 5.69 Å². The predicted octanol–water partition coefficient (Wildman–Crippen LogP) is 3.97. The van der Waals surface area contributed by atoms with Crippen LogP contribution >= 0.6 is 11.8 Å². The molecule has 2 aromatic rings. The first-order valence-corrected chi connectivity index (χ1v) is 9.71. The first-order chi connectivity index (χ1) is 11.7. The van der Waals surface area contributed by atoms with Crippen molar-refractivity contribution in [3.63, 3.8) is 0 Å². The number of thioether (sulfide) groups is 1. The highest BCUT2D eigenvalue weighted by atomic mass is 32.2. The van der Waals surface area contributed by atoms with Crippen LogP contribution in [-0.2, 0) is 4.79 Å². The Balaban J connectivity index is 1.49. The van der Waals surface area contributed by atoms with Crippen LogP contribution < -0.4 is 5.32 Å². The lowest BCUT2D eigenvalue weighted by Crippen LogP contribution is -2.27. The lowest BCUT2D eigenvalue weighted by Gasteiger charge is -2.11. The van der Waals surface area contributed by atoms with E-state index in [0.29, 0.717) is 5.75 Å². The quantitative estimate of drug-likeness (QED) is 0.774. The van der Waals surface area contributed by atoms with Gasteiger partial charge in [0.15, 0.2) is 5.16 Å². The highest BCUT2D eigenvalue weighted by molar-refractivity contribution is 7.99. The summed E-state index contributed by atoms with van der Waals surface area (Å²) in [6.07, 6.45) is 10.2. The van der Waals surface area contributed by atoms with E-state index in [9.17, 15) is 4.79 Å². The number of nitrogens with one attached hydrogen (secondary N) is 1. The summed E-state index contributed by atoms with van der Waals surface area (Å²) in [7, 11) is 0. The van der Waals surface area contributed by atoms with Crippen LogP contribution in [0.3, 0.4) is 0 Å². The van der Waals surface area contributed by atoms with Gasteiger partial charge in [0, 0.05) is 18.9 Å². The smallest absolute Gasteiger partial charge is 0.230 e. The maximum atomic E-state index is 12.1. The maximum absolute atomic E-state index is 12.1. The third-order valence-corrected chi connectivity index (χ3v) is 5.63. The summed E-state index contributed by atoms with van der Waals surface area (Å²) >= 11 is 1.49. The number of amides is 1. The number of aromatic nitrogens is 2. The minimum atomic E-state index is 0.0948. The van der Waals surface area contributed by atoms with Gasteiger partial charge in [-0.05, 0) is 30.9 Å². The molecule has 1 aromatic carbocycles. The molecule has 0 unspecified atom stereocenters. The molecule has 5 heteroatoms. The molecule has 0 bridgehead atoms.